The second-order valence-corrected chi connectivity index (χ2v) is 4.66. The maximum atomic E-state index is 12.3. The summed E-state index contributed by atoms with van der Waals surface area (Å²) in [5, 5.41) is 0. The number of methoxy groups -OCH3 is 2. The summed E-state index contributed by atoms with van der Waals surface area (Å²) in [6.45, 7) is 3.46. The summed E-state index contributed by atoms with van der Waals surface area (Å²) in [5.41, 5.74) is 0. The summed E-state index contributed by atoms with van der Waals surface area (Å²) in [6.07, 6.45) is 0.195. The SMILES string of the molecule is CCN(CC(=O)OC)C(=O)C1CC(=O)N(CCOC)C1. The summed E-state index contributed by atoms with van der Waals surface area (Å²) < 4.78 is 9.50. The molecule has 0 radical (unpaired) electrons. The number of likely N-dealkylation sites (tertiary alicyclic amines) is 1. The van der Waals surface area contributed by atoms with Gasteiger partial charge in [-0.05, 0) is 6.92 Å². The van der Waals surface area contributed by atoms with Crippen molar-refractivity contribution in [2.75, 3.05) is 47.0 Å². The van der Waals surface area contributed by atoms with Gasteiger partial charge in [-0.25, -0.2) is 0 Å². The number of carbonyl (C=O) groups excluding carboxylic acids is 3. The molecule has 1 saturated heterocycles. The third-order valence-corrected chi connectivity index (χ3v) is 3.37. The smallest absolute Gasteiger partial charge is 0.325 e. The van der Waals surface area contributed by atoms with E-state index in [1.165, 1.54) is 12.0 Å². The van der Waals surface area contributed by atoms with Crippen LogP contribution in [0.1, 0.15) is 13.3 Å². The van der Waals surface area contributed by atoms with Crippen LogP contribution >= 0.6 is 0 Å². The average Bonchev–Trinajstić information content (AvgIpc) is 2.82. The number of nitrogens with zero attached hydrogens (tertiary/aromatic N) is 2. The van der Waals surface area contributed by atoms with Gasteiger partial charge in [-0.15, -0.1) is 0 Å². The van der Waals surface area contributed by atoms with Crippen LogP contribution in [0.4, 0.5) is 0 Å². The van der Waals surface area contributed by atoms with Crippen LogP contribution < -0.4 is 0 Å². The predicted molar refractivity (Wildman–Crippen MR) is 70.8 cm³/mol. The van der Waals surface area contributed by atoms with E-state index >= 15 is 0 Å². The zero-order chi connectivity index (χ0) is 15.1. The third kappa shape index (κ3) is 4.19. The van der Waals surface area contributed by atoms with Gasteiger partial charge in [0.1, 0.15) is 6.54 Å². The molecule has 7 nitrogen and oxygen atoms in total. The Morgan fingerprint density at radius 3 is 2.65 bits per heavy atom. The molecule has 0 aromatic carbocycles. The molecule has 1 aliphatic heterocycles. The zero-order valence-corrected chi connectivity index (χ0v) is 12.3. The molecule has 0 aromatic rings. The first-order chi connectivity index (χ1) is 9.53. The van der Waals surface area contributed by atoms with Crippen LogP contribution in [0.2, 0.25) is 0 Å². The lowest BCUT2D eigenvalue weighted by molar-refractivity contribution is -0.148. The second-order valence-electron chi connectivity index (χ2n) is 4.66. The molecule has 1 unspecified atom stereocenters. The summed E-state index contributed by atoms with van der Waals surface area (Å²) >= 11 is 0. The predicted octanol–water partition coefficient (Wildman–Crippen LogP) is -0.497. The van der Waals surface area contributed by atoms with Gasteiger partial charge in [0.05, 0.1) is 19.6 Å². The van der Waals surface area contributed by atoms with Crippen LogP contribution in [0.3, 0.4) is 0 Å². The van der Waals surface area contributed by atoms with Gasteiger partial charge in [0.2, 0.25) is 11.8 Å². The van der Waals surface area contributed by atoms with Crippen molar-refractivity contribution < 1.29 is 23.9 Å². The van der Waals surface area contributed by atoms with Crippen LogP contribution in [0.15, 0.2) is 0 Å². The molecule has 1 aliphatic rings. The second kappa shape index (κ2) is 7.84. The highest BCUT2D eigenvalue weighted by Gasteiger charge is 2.36. The highest BCUT2D eigenvalue weighted by molar-refractivity contribution is 5.90. The van der Waals surface area contributed by atoms with Crippen molar-refractivity contribution >= 4 is 17.8 Å². The topological polar surface area (TPSA) is 76.2 Å². The Morgan fingerprint density at radius 1 is 1.40 bits per heavy atom. The number of carbonyl (C=O) groups is 3. The molecule has 0 saturated carbocycles. The quantitative estimate of drug-likeness (QED) is 0.590. The lowest BCUT2D eigenvalue weighted by atomic mass is 10.1. The van der Waals surface area contributed by atoms with Crippen molar-refractivity contribution in [3.63, 3.8) is 0 Å². The molecule has 0 aliphatic carbocycles. The van der Waals surface area contributed by atoms with E-state index in [-0.39, 0.29) is 30.7 Å². The Bertz CT molecular complexity index is 372. The Morgan fingerprint density at radius 2 is 2.10 bits per heavy atom. The van der Waals surface area contributed by atoms with Gasteiger partial charge in [-0.1, -0.05) is 0 Å². The van der Waals surface area contributed by atoms with Gasteiger partial charge < -0.3 is 19.3 Å². The third-order valence-electron chi connectivity index (χ3n) is 3.37. The van der Waals surface area contributed by atoms with E-state index in [1.807, 2.05) is 0 Å². The summed E-state index contributed by atoms with van der Waals surface area (Å²) in [7, 11) is 2.85. The van der Waals surface area contributed by atoms with Crippen molar-refractivity contribution in [1.82, 2.24) is 9.80 Å². The molecule has 1 heterocycles. The molecule has 0 bridgehead atoms. The Hall–Kier alpha value is -1.63. The molecule has 1 fully saturated rings. The maximum Gasteiger partial charge on any atom is 0.325 e. The number of esters is 1. The molecule has 2 amide bonds. The number of likely N-dealkylation sites (N-methyl/N-ethyl adjacent to an activating group) is 1. The van der Waals surface area contributed by atoms with Crippen molar-refractivity contribution in [2.45, 2.75) is 13.3 Å². The van der Waals surface area contributed by atoms with Crippen LogP contribution in [0, 0.1) is 5.92 Å². The van der Waals surface area contributed by atoms with E-state index in [1.54, 1.807) is 18.9 Å². The minimum Gasteiger partial charge on any atom is -0.468 e. The Balaban J connectivity index is 2.58. The largest absolute Gasteiger partial charge is 0.468 e. The van der Waals surface area contributed by atoms with E-state index in [9.17, 15) is 14.4 Å². The van der Waals surface area contributed by atoms with Gasteiger partial charge in [0.15, 0.2) is 0 Å². The van der Waals surface area contributed by atoms with Crippen molar-refractivity contribution in [1.29, 1.82) is 0 Å². The number of rotatable bonds is 7. The standard InChI is InChI=1S/C13H22N2O5/c1-4-14(9-12(17)20-3)13(18)10-7-11(16)15(8-10)5-6-19-2/h10H,4-9H2,1-3H3. The van der Waals surface area contributed by atoms with Gasteiger partial charge in [-0.3, -0.25) is 14.4 Å². The van der Waals surface area contributed by atoms with Crippen LogP contribution in [-0.2, 0) is 23.9 Å². The van der Waals surface area contributed by atoms with Crippen LogP contribution in [-0.4, -0.2) is 74.6 Å². The monoisotopic (exact) mass is 286 g/mol. The minimum atomic E-state index is -0.458. The fourth-order valence-corrected chi connectivity index (χ4v) is 2.18. The summed E-state index contributed by atoms with van der Waals surface area (Å²) in [5.74, 6) is -1.06. The van der Waals surface area contributed by atoms with Crippen LogP contribution in [0.5, 0.6) is 0 Å². The van der Waals surface area contributed by atoms with E-state index in [0.717, 1.165) is 0 Å². The normalized spacial score (nSPS) is 18.2. The molecular weight excluding hydrogens is 264 g/mol. The molecule has 0 spiro atoms. The average molecular weight is 286 g/mol. The Kier molecular flexibility index (Phi) is 6.44. The van der Waals surface area contributed by atoms with Gasteiger partial charge in [-0.2, -0.15) is 0 Å². The molecular formula is C13H22N2O5. The van der Waals surface area contributed by atoms with Crippen molar-refractivity contribution in [3.05, 3.63) is 0 Å². The van der Waals surface area contributed by atoms with Gasteiger partial charge >= 0.3 is 5.97 Å². The first-order valence-corrected chi connectivity index (χ1v) is 6.65. The van der Waals surface area contributed by atoms with Crippen molar-refractivity contribution in [3.8, 4) is 0 Å². The molecule has 0 N–H and O–H groups in total. The summed E-state index contributed by atoms with van der Waals surface area (Å²) in [4.78, 5) is 38.4. The molecule has 0 aromatic heterocycles. The fourth-order valence-electron chi connectivity index (χ4n) is 2.18. The summed E-state index contributed by atoms with van der Waals surface area (Å²) in [6, 6.07) is 0. The lowest BCUT2D eigenvalue weighted by Crippen LogP contribution is -2.41. The van der Waals surface area contributed by atoms with Crippen molar-refractivity contribution in [2.24, 2.45) is 5.92 Å². The highest BCUT2D eigenvalue weighted by Crippen LogP contribution is 2.19. The van der Waals surface area contributed by atoms with Gasteiger partial charge in [0.25, 0.3) is 0 Å². The van der Waals surface area contributed by atoms with E-state index in [4.69, 9.17) is 4.74 Å². The zero-order valence-electron chi connectivity index (χ0n) is 12.3. The van der Waals surface area contributed by atoms with Crippen LogP contribution in [0.25, 0.3) is 0 Å². The molecule has 1 atom stereocenters. The van der Waals surface area contributed by atoms with Gasteiger partial charge in [0, 0.05) is 33.2 Å². The van der Waals surface area contributed by atoms with E-state index in [2.05, 4.69) is 4.74 Å². The fraction of sp³-hybridized carbons (Fsp3) is 0.769. The Labute approximate surface area is 118 Å². The van der Waals surface area contributed by atoms with E-state index < -0.39 is 5.97 Å². The maximum absolute atomic E-state index is 12.3. The molecule has 114 valence electrons. The number of ether oxygens (including phenoxy) is 2. The number of hydrogen-bond acceptors (Lipinski definition) is 5. The number of hydrogen-bond donors (Lipinski definition) is 0. The first-order valence-electron chi connectivity index (χ1n) is 6.65. The first kappa shape index (κ1) is 16.4. The highest BCUT2D eigenvalue weighted by atomic mass is 16.5. The molecule has 1 rings (SSSR count). The minimum absolute atomic E-state index is 0.0467. The molecule has 20 heavy (non-hydrogen) atoms. The van der Waals surface area contributed by atoms with E-state index in [0.29, 0.717) is 26.2 Å². The number of amides is 2. The molecule has 7 heteroatoms. The lowest BCUT2D eigenvalue weighted by Gasteiger charge is -2.23.